The van der Waals surface area contributed by atoms with Crippen molar-refractivity contribution in [2.24, 2.45) is 0 Å². The molecule has 0 heterocycles. The largest absolute Gasteiger partial charge is 0.497 e. The number of anilines is 1. The molecule has 0 bridgehead atoms. The van der Waals surface area contributed by atoms with Gasteiger partial charge in [0, 0.05) is 19.2 Å². The fourth-order valence-corrected chi connectivity index (χ4v) is 1.84. The van der Waals surface area contributed by atoms with Gasteiger partial charge in [-0.3, -0.25) is 0 Å². The van der Waals surface area contributed by atoms with E-state index in [0.29, 0.717) is 0 Å². The molecule has 4 heteroatoms. The van der Waals surface area contributed by atoms with Gasteiger partial charge in [-0.2, -0.15) is 0 Å². The average Bonchev–Trinajstić information content (AvgIpc) is 2.43. The van der Waals surface area contributed by atoms with Crippen LogP contribution in [0.5, 0.6) is 11.5 Å². The summed E-state index contributed by atoms with van der Waals surface area (Å²) in [6, 6.07) is 5.77. The number of likely N-dealkylation sites (N-methyl/N-ethyl adjacent to an activating group) is 1. The van der Waals surface area contributed by atoms with Crippen molar-refractivity contribution in [1.29, 1.82) is 0 Å². The average molecular weight is 252 g/mol. The van der Waals surface area contributed by atoms with Gasteiger partial charge >= 0.3 is 0 Å². The van der Waals surface area contributed by atoms with Crippen LogP contribution < -0.4 is 14.8 Å². The molecule has 0 aliphatic carbocycles. The molecule has 0 spiro atoms. The molecule has 0 saturated carbocycles. The maximum atomic E-state index is 5.32. The number of rotatable bonds is 8. The number of hydrogen-bond donors (Lipinski definition) is 1. The fraction of sp³-hybridized carbons (Fsp3) is 0.571. The van der Waals surface area contributed by atoms with Crippen molar-refractivity contribution in [3.8, 4) is 11.5 Å². The van der Waals surface area contributed by atoms with Gasteiger partial charge in [-0.05, 0) is 25.2 Å². The van der Waals surface area contributed by atoms with Gasteiger partial charge in [0.2, 0.25) is 0 Å². The smallest absolute Gasteiger partial charge is 0.142 e. The highest BCUT2D eigenvalue weighted by Gasteiger charge is 2.05. The lowest BCUT2D eigenvalue weighted by Gasteiger charge is -2.19. The Hall–Kier alpha value is -1.42. The second-order valence-electron chi connectivity index (χ2n) is 4.02. The van der Waals surface area contributed by atoms with E-state index in [1.165, 1.54) is 0 Å². The first kappa shape index (κ1) is 14.6. The molecule has 1 aromatic rings. The molecular formula is C14H24N2O2. The maximum absolute atomic E-state index is 5.32. The lowest BCUT2D eigenvalue weighted by molar-refractivity contribution is 0.315. The summed E-state index contributed by atoms with van der Waals surface area (Å²) in [5.41, 5.74) is 0.976. The molecule has 0 amide bonds. The van der Waals surface area contributed by atoms with E-state index in [4.69, 9.17) is 9.47 Å². The molecule has 1 N–H and O–H groups in total. The normalized spacial score (nSPS) is 10.5. The van der Waals surface area contributed by atoms with Crippen LogP contribution >= 0.6 is 0 Å². The van der Waals surface area contributed by atoms with Crippen molar-refractivity contribution in [2.75, 3.05) is 45.7 Å². The molecule has 0 aliphatic rings. The Labute approximate surface area is 110 Å². The quantitative estimate of drug-likeness (QED) is 0.770. The molecule has 0 fully saturated rings. The topological polar surface area (TPSA) is 33.7 Å². The van der Waals surface area contributed by atoms with Crippen LogP contribution in [0.1, 0.15) is 13.8 Å². The minimum atomic E-state index is 0.834. The zero-order valence-electron chi connectivity index (χ0n) is 11.8. The Bertz CT molecular complexity index is 352. The third-order valence-electron chi connectivity index (χ3n) is 3.04. The Morgan fingerprint density at radius 3 is 2.39 bits per heavy atom. The van der Waals surface area contributed by atoms with Gasteiger partial charge < -0.3 is 19.7 Å². The molecule has 0 aromatic heterocycles. The van der Waals surface area contributed by atoms with E-state index in [1.54, 1.807) is 14.2 Å². The molecule has 18 heavy (non-hydrogen) atoms. The van der Waals surface area contributed by atoms with Crippen molar-refractivity contribution < 1.29 is 9.47 Å². The summed E-state index contributed by atoms with van der Waals surface area (Å²) < 4.78 is 10.5. The molecule has 0 aliphatic heterocycles. The van der Waals surface area contributed by atoms with E-state index in [0.717, 1.165) is 43.4 Å². The maximum Gasteiger partial charge on any atom is 0.142 e. The van der Waals surface area contributed by atoms with Gasteiger partial charge in [0.25, 0.3) is 0 Å². The van der Waals surface area contributed by atoms with Gasteiger partial charge in [0.15, 0.2) is 0 Å². The summed E-state index contributed by atoms with van der Waals surface area (Å²) in [6.45, 7) is 8.42. The third-order valence-corrected chi connectivity index (χ3v) is 3.04. The number of benzene rings is 1. The van der Waals surface area contributed by atoms with E-state index in [1.807, 2.05) is 18.2 Å². The van der Waals surface area contributed by atoms with Crippen molar-refractivity contribution in [2.45, 2.75) is 13.8 Å². The van der Waals surface area contributed by atoms with Crippen LogP contribution in [0, 0.1) is 0 Å². The van der Waals surface area contributed by atoms with Gasteiger partial charge in [-0.1, -0.05) is 13.8 Å². The van der Waals surface area contributed by atoms with Crippen molar-refractivity contribution in [3.63, 3.8) is 0 Å². The number of nitrogens with zero attached hydrogens (tertiary/aromatic N) is 1. The van der Waals surface area contributed by atoms with Gasteiger partial charge in [0.1, 0.15) is 11.5 Å². The first-order chi connectivity index (χ1) is 8.74. The molecule has 4 nitrogen and oxygen atoms in total. The van der Waals surface area contributed by atoms with Crippen molar-refractivity contribution >= 4 is 5.69 Å². The second-order valence-corrected chi connectivity index (χ2v) is 4.02. The van der Waals surface area contributed by atoms with Crippen LogP contribution in [0.15, 0.2) is 18.2 Å². The summed E-state index contributed by atoms with van der Waals surface area (Å²) in [7, 11) is 3.35. The number of methoxy groups -OCH3 is 2. The number of hydrogen-bond acceptors (Lipinski definition) is 4. The van der Waals surface area contributed by atoms with Crippen LogP contribution in [0.4, 0.5) is 5.69 Å². The summed E-state index contributed by atoms with van der Waals surface area (Å²) in [6.07, 6.45) is 0. The molecule has 0 atom stereocenters. The van der Waals surface area contributed by atoms with Crippen LogP contribution in [-0.4, -0.2) is 45.3 Å². The summed E-state index contributed by atoms with van der Waals surface area (Å²) in [5, 5.41) is 3.39. The highest BCUT2D eigenvalue weighted by atomic mass is 16.5. The van der Waals surface area contributed by atoms with E-state index >= 15 is 0 Å². The molecule has 0 saturated heterocycles. The summed E-state index contributed by atoms with van der Waals surface area (Å²) in [5.74, 6) is 1.68. The van der Waals surface area contributed by atoms with Crippen molar-refractivity contribution in [3.05, 3.63) is 18.2 Å². The first-order valence-corrected chi connectivity index (χ1v) is 6.43. The number of nitrogens with one attached hydrogen (secondary N) is 1. The van der Waals surface area contributed by atoms with Crippen LogP contribution in [0.25, 0.3) is 0 Å². The minimum absolute atomic E-state index is 0.834. The number of ether oxygens (including phenoxy) is 2. The van der Waals surface area contributed by atoms with Crippen LogP contribution in [0.3, 0.4) is 0 Å². The van der Waals surface area contributed by atoms with E-state index in [2.05, 4.69) is 24.1 Å². The van der Waals surface area contributed by atoms with Crippen LogP contribution in [0.2, 0.25) is 0 Å². The second kappa shape index (κ2) is 7.82. The molecule has 1 aromatic carbocycles. The van der Waals surface area contributed by atoms with Crippen LogP contribution in [-0.2, 0) is 0 Å². The van der Waals surface area contributed by atoms with Crippen molar-refractivity contribution in [1.82, 2.24) is 4.90 Å². The van der Waals surface area contributed by atoms with E-state index < -0.39 is 0 Å². The molecule has 102 valence electrons. The zero-order valence-corrected chi connectivity index (χ0v) is 11.8. The Kier molecular flexibility index (Phi) is 6.36. The molecule has 0 radical (unpaired) electrons. The highest BCUT2D eigenvalue weighted by Crippen LogP contribution is 2.28. The highest BCUT2D eigenvalue weighted by molar-refractivity contribution is 5.59. The third kappa shape index (κ3) is 4.11. The molecule has 0 unspecified atom stereocenters. The predicted molar refractivity (Wildman–Crippen MR) is 75.8 cm³/mol. The predicted octanol–water partition coefficient (Wildman–Crippen LogP) is 2.46. The molecule has 1 rings (SSSR count). The van der Waals surface area contributed by atoms with Gasteiger partial charge in [-0.15, -0.1) is 0 Å². The lowest BCUT2D eigenvalue weighted by atomic mass is 10.2. The summed E-state index contributed by atoms with van der Waals surface area (Å²) >= 11 is 0. The standard InChI is InChI=1S/C14H24N2O2/c1-5-16(6-2)10-9-15-13-11-12(17-3)7-8-14(13)18-4/h7-8,11,15H,5-6,9-10H2,1-4H3. The monoisotopic (exact) mass is 252 g/mol. The van der Waals surface area contributed by atoms with Gasteiger partial charge in [0.05, 0.1) is 19.9 Å². The molecular weight excluding hydrogens is 228 g/mol. The van der Waals surface area contributed by atoms with Gasteiger partial charge in [-0.25, -0.2) is 0 Å². The fourth-order valence-electron chi connectivity index (χ4n) is 1.84. The Morgan fingerprint density at radius 2 is 1.83 bits per heavy atom. The summed E-state index contributed by atoms with van der Waals surface area (Å²) in [4.78, 5) is 2.37. The Balaban J connectivity index is 2.59. The lowest BCUT2D eigenvalue weighted by Crippen LogP contribution is -2.28. The Morgan fingerprint density at radius 1 is 1.11 bits per heavy atom. The van der Waals surface area contributed by atoms with E-state index in [9.17, 15) is 0 Å². The SMILES string of the molecule is CCN(CC)CCNc1cc(OC)ccc1OC. The van der Waals surface area contributed by atoms with E-state index in [-0.39, 0.29) is 0 Å². The minimum Gasteiger partial charge on any atom is -0.497 e. The first-order valence-electron chi connectivity index (χ1n) is 6.43. The zero-order chi connectivity index (χ0) is 13.4.